The molecule has 1 aliphatic rings. The molecule has 1 fully saturated rings. The van der Waals surface area contributed by atoms with Gasteiger partial charge >= 0.3 is 12.1 Å². The Kier molecular flexibility index (Phi) is 11.0. The second-order valence-corrected chi connectivity index (χ2v) is 19.4. The summed E-state index contributed by atoms with van der Waals surface area (Å²) < 4.78 is 23.4. The number of carbonyl (C=O) groups is 2. The predicted octanol–water partition coefficient (Wildman–Crippen LogP) is 8.80. The van der Waals surface area contributed by atoms with Gasteiger partial charge in [0, 0.05) is 31.2 Å². The summed E-state index contributed by atoms with van der Waals surface area (Å²) in [5, 5.41) is 0.0908. The summed E-state index contributed by atoms with van der Waals surface area (Å²) in [6, 6.07) is 17.1. The molecule has 0 bridgehead atoms. The number of aromatic amines is 1. The summed E-state index contributed by atoms with van der Waals surface area (Å²) in [5.41, 5.74) is 1.09. The molecule has 1 atom stereocenters. The molecule has 1 unspecified atom stereocenters. The van der Waals surface area contributed by atoms with Crippen LogP contribution in [0.15, 0.2) is 54.6 Å². The third-order valence-electron chi connectivity index (χ3n) is 9.03. The molecule has 9 nitrogen and oxygen atoms in total. The van der Waals surface area contributed by atoms with Crippen LogP contribution >= 0.6 is 0 Å². The number of benzene rings is 2. The van der Waals surface area contributed by atoms with E-state index in [4.69, 9.17) is 23.6 Å². The fourth-order valence-electron chi connectivity index (χ4n) is 5.40. The van der Waals surface area contributed by atoms with E-state index in [0.29, 0.717) is 36.8 Å². The number of likely N-dealkylation sites (tertiary alicyclic amines) is 1. The first-order chi connectivity index (χ1) is 21.6. The van der Waals surface area contributed by atoms with Crippen LogP contribution in [0.3, 0.4) is 0 Å². The van der Waals surface area contributed by atoms with Gasteiger partial charge in [-0.05, 0) is 100 Å². The van der Waals surface area contributed by atoms with Crippen molar-refractivity contribution in [2.24, 2.45) is 5.92 Å². The maximum atomic E-state index is 13.0. The second-order valence-electron chi connectivity index (χ2n) is 14.6. The molecule has 3 aromatic rings. The molecule has 250 valence electrons. The van der Waals surface area contributed by atoms with E-state index >= 15 is 0 Å². The molecule has 1 amide bonds. The lowest BCUT2D eigenvalue weighted by atomic mass is 9.82. The number of carbonyl (C=O) groups excluding carboxylic acids is 2. The Morgan fingerprint density at radius 3 is 2.13 bits per heavy atom. The minimum atomic E-state index is -1.97. The number of ether oxygens (including phenoxy) is 3. The molecule has 4 rings (SSSR count). The fraction of sp³-hybridized carbons (Fsp3) is 0.528. The number of nitrogens with one attached hydrogen (secondary N) is 1. The summed E-state index contributed by atoms with van der Waals surface area (Å²) in [6.07, 6.45) is 2.04. The Morgan fingerprint density at radius 2 is 1.57 bits per heavy atom. The van der Waals surface area contributed by atoms with Crippen LogP contribution in [-0.4, -0.2) is 67.7 Å². The number of aromatic nitrogens is 2. The number of H-pyrrole nitrogens is 1. The highest BCUT2D eigenvalue weighted by Crippen LogP contribution is 2.40. The molecule has 1 aliphatic heterocycles. The van der Waals surface area contributed by atoms with Gasteiger partial charge < -0.3 is 28.5 Å². The van der Waals surface area contributed by atoms with Crippen molar-refractivity contribution in [1.82, 2.24) is 14.9 Å². The number of esters is 1. The highest BCUT2D eigenvalue weighted by atomic mass is 28.4. The number of hydrogen-bond donors (Lipinski definition) is 1. The van der Waals surface area contributed by atoms with Crippen molar-refractivity contribution in [2.45, 2.75) is 90.5 Å². The lowest BCUT2D eigenvalue weighted by molar-refractivity contribution is 0.0169. The largest absolute Gasteiger partial charge is 0.464 e. The minimum Gasteiger partial charge on any atom is -0.464 e. The van der Waals surface area contributed by atoms with Gasteiger partial charge in [0.15, 0.2) is 14.0 Å². The molecule has 1 aromatic heterocycles. The number of piperidine rings is 1. The zero-order chi connectivity index (χ0) is 33.7. The Balaban J connectivity index is 1.61. The molecule has 0 spiro atoms. The highest BCUT2D eigenvalue weighted by Gasteiger charge is 2.38. The summed E-state index contributed by atoms with van der Waals surface area (Å²) in [7, 11) is -0.597. The minimum absolute atomic E-state index is 0.0107. The number of nitrogens with zero attached hydrogens (tertiary/aromatic N) is 2. The van der Waals surface area contributed by atoms with Crippen molar-refractivity contribution < 1.29 is 28.2 Å². The summed E-state index contributed by atoms with van der Waals surface area (Å²) >= 11 is 0. The zero-order valence-corrected chi connectivity index (χ0v) is 29.9. The van der Waals surface area contributed by atoms with E-state index in [2.05, 4.69) is 38.8 Å². The number of imidazole rings is 1. The van der Waals surface area contributed by atoms with Gasteiger partial charge in [-0.1, -0.05) is 39.0 Å². The molecular formula is C36H51N3O6Si. The van der Waals surface area contributed by atoms with Crippen LogP contribution in [0.4, 0.5) is 4.79 Å². The number of hydrogen-bond acceptors (Lipinski definition) is 7. The topological polar surface area (TPSA) is 103 Å². The number of methoxy groups -OCH3 is 1. The van der Waals surface area contributed by atoms with Crippen molar-refractivity contribution >= 4 is 20.4 Å². The average molecular weight is 650 g/mol. The van der Waals surface area contributed by atoms with Crippen LogP contribution < -0.4 is 4.74 Å². The summed E-state index contributed by atoms with van der Waals surface area (Å²) in [5.74, 6) is 1.90. The predicted molar refractivity (Wildman–Crippen MR) is 183 cm³/mol. The lowest BCUT2D eigenvalue weighted by Crippen LogP contribution is -2.43. The van der Waals surface area contributed by atoms with E-state index in [1.165, 1.54) is 7.11 Å². The van der Waals surface area contributed by atoms with E-state index in [-0.39, 0.29) is 23.0 Å². The van der Waals surface area contributed by atoms with Crippen LogP contribution in [0, 0.1) is 5.92 Å². The number of para-hydroxylation sites is 1. The maximum Gasteiger partial charge on any atom is 0.410 e. The van der Waals surface area contributed by atoms with Crippen molar-refractivity contribution in [3.05, 3.63) is 66.1 Å². The molecule has 0 radical (unpaired) electrons. The SMILES string of the molecule is COC(=O)c1[nH]c(C(CCO[Si](C)(C)C(C)(C)C)C2CCN(C(=O)OC(C)(C)C)CC2)nc1-c1ccc(Oc2ccccc2)cc1. The van der Waals surface area contributed by atoms with Crippen LogP contribution in [-0.2, 0) is 13.9 Å². The molecule has 0 saturated carbocycles. The first-order valence-corrected chi connectivity index (χ1v) is 19.1. The van der Waals surface area contributed by atoms with Crippen LogP contribution in [0.5, 0.6) is 11.5 Å². The van der Waals surface area contributed by atoms with Gasteiger partial charge in [0.1, 0.15) is 28.6 Å². The van der Waals surface area contributed by atoms with Gasteiger partial charge in [0.25, 0.3) is 0 Å². The third-order valence-corrected chi connectivity index (χ3v) is 13.6. The first-order valence-electron chi connectivity index (χ1n) is 16.2. The van der Waals surface area contributed by atoms with E-state index in [0.717, 1.165) is 36.4 Å². The number of amides is 1. The molecule has 46 heavy (non-hydrogen) atoms. The first kappa shape index (κ1) is 35.2. The van der Waals surface area contributed by atoms with Crippen LogP contribution in [0.2, 0.25) is 18.1 Å². The second kappa shape index (κ2) is 14.4. The fourth-order valence-corrected chi connectivity index (χ4v) is 6.46. The van der Waals surface area contributed by atoms with E-state index < -0.39 is 19.9 Å². The average Bonchev–Trinajstić information content (AvgIpc) is 3.44. The van der Waals surface area contributed by atoms with E-state index in [1.807, 2.05) is 75.4 Å². The smallest absolute Gasteiger partial charge is 0.410 e. The Morgan fingerprint density at radius 1 is 0.957 bits per heavy atom. The van der Waals surface area contributed by atoms with Gasteiger partial charge in [-0.25, -0.2) is 14.6 Å². The zero-order valence-electron chi connectivity index (χ0n) is 28.9. The Bertz CT molecular complexity index is 1450. The van der Waals surface area contributed by atoms with Crippen molar-refractivity contribution in [2.75, 3.05) is 26.8 Å². The van der Waals surface area contributed by atoms with Crippen LogP contribution in [0.1, 0.15) is 83.0 Å². The molecule has 2 heterocycles. The van der Waals surface area contributed by atoms with Gasteiger partial charge in [0.05, 0.1) is 7.11 Å². The van der Waals surface area contributed by atoms with Crippen molar-refractivity contribution in [3.8, 4) is 22.8 Å². The lowest BCUT2D eigenvalue weighted by Gasteiger charge is -2.38. The molecule has 10 heteroatoms. The summed E-state index contributed by atoms with van der Waals surface area (Å²) in [4.78, 5) is 36.0. The normalized spacial score (nSPS) is 15.4. The summed E-state index contributed by atoms with van der Waals surface area (Å²) in [6.45, 7) is 18.7. The third kappa shape index (κ3) is 9.00. The number of rotatable bonds is 10. The van der Waals surface area contributed by atoms with Crippen molar-refractivity contribution in [3.63, 3.8) is 0 Å². The molecule has 0 aliphatic carbocycles. The molecular weight excluding hydrogens is 598 g/mol. The van der Waals surface area contributed by atoms with E-state index in [1.54, 1.807) is 4.90 Å². The Labute approximate surface area is 275 Å². The van der Waals surface area contributed by atoms with E-state index in [9.17, 15) is 9.59 Å². The van der Waals surface area contributed by atoms with Gasteiger partial charge in [-0.2, -0.15) is 0 Å². The van der Waals surface area contributed by atoms with Gasteiger partial charge in [-0.3, -0.25) is 0 Å². The molecule has 1 saturated heterocycles. The molecule has 1 N–H and O–H groups in total. The Hall–Kier alpha value is -3.63. The maximum absolute atomic E-state index is 13.0. The van der Waals surface area contributed by atoms with Gasteiger partial charge in [-0.15, -0.1) is 0 Å². The monoisotopic (exact) mass is 649 g/mol. The molecule has 2 aromatic carbocycles. The van der Waals surface area contributed by atoms with Gasteiger partial charge in [0.2, 0.25) is 0 Å². The van der Waals surface area contributed by atoms with Crippen molar-refractivity contribution in [1.29, 1.82) is 0 Å². The quantitative estimate of drug-likeness (QED) is 0.173. The highest BCUT2D eigenvalue weighted by molar-refractivity contribution is 6.74. The standard InChI is InChI=1S/C36H51N3O6Si/c1-35(2,3)45-34(41)39-22-19-25(20-23-39)29(21-24-43-46(8,9)36(4,5)6)32-37-30(31(38-32)33(40)42-7)26-15-17-28(18-16-26)44-27-13-11-10-12-14-27/h10-18,25,29H,19-24H2,1-9H3,(H,37,38). The van der Waals surface area contributed by atoms with Crippen LogP contribution in [0.25, 0.3) is 11.3 Å².